The van der Waals surface area contributed by atoms with Gasteiger partial charge in [0.15, 0.2) is 5.78 Å². The van der Waals surface area contributed by atoms with Crippen LogP contribution in [0.2, 0.25) is 0 Å². The molecular formula is C15H18BrNO. The third-order valence-corrected chi connectivity index (χ3v) is 4.61. The Balaban J connectivity index is 1.81. The molecule has 1 aliphatic carbocycles. The van der Waals surface area contributed by atoms with Gasteiger partial charge in [0, 0.05) is 10.4 Å². The molecule has 3 heteroatoms. The second kappa shape index (κ2) is 4.78. The molecule has 1 atom stereocenters. The summed E-state index contributed by atoms with van der Waals surface area (Å²) in [6.45, 7) is 0.981. The van der Waals surface area contributed by atoms with Crippen molar-refractivity contribution in [2.24, 2.45) is 5.92 Å². The Bertz CT molecular complexity index is 444. The predicted octanol–water partition coefficient (Wildman–Crippen LogP) is 3.09. The van der Waals surface area contributed by atoms with Gasteiger partial charge in [-0.1, -0.05) is 28.1 Å². The van der Waals surface area contributed by atoms with Crippen molar-refractivity contribution < 1.29 is 4.79 Å². The molecule has 2 nitrogen and oxygen atoms in total. The Kier molecular flexibility index (Phi) is 3.29. The summed E-state index contributed by atoms with van der Waals surface area (Å²) in [5.74, 6) is 0.800. The highest BCUT2D eigenvalue weighted by Crippen LogP contribution is 2.38. The van der Waals surface area contributed by atoms with Gasteiger partial charge in [-0.05, 0) is 56.3 Å². The van der Waals surface area contributed by atoms with Gasteiger partial charge in [-0.15, -0.1) is 0 Å². The van der Waals surface area contributed by atoms with E-state index in [4.69, 9.17) is 0 Å². The van der Waals surface area contributed by atoms with Crippen LogP contribution in [0.25, 0.3) is 0 Å². The number of hydrogen-bond donors (Lipinski definition) is 1. The Hall–Kier alpha value is -0.670. The number of Topliss-reactive ketones (excluding diaryl/α,β-unsaturated/α-hetero) is 1. The minimum absolute atomic E-state index is 0.269. The van der Waals surface area contributed by atoms with Crippen LogP contribution in [0, 0.1) is 5.92 Å². The molecule has 2 aliphatic rings. The van der Waals surface area contributed by atoms with Gasteiger partial charge in [-0.25, -0.2) is 0 Å². The summed E-state index contributed by atoms with van der Waals surface area (Å²) in [6.07, 6.45) is 5.16. The van der Waals surface area contributed by atoms with E-state index in [9.17, 15) is 4.79 Å². The molecule has 18 heavy (non-hydrogen) atoms. The molecule has 3 rings (SSSR count). The highest BCUT2D eigenvalue weighted by atomic mass is 79.9. The van der Waals surface area contributed by atoms with Crippen molar-refractivity contribution in [2.75, 3.05) is 6.54 Å². The lowest BCUT2D eigenvalue weighted by Crippen LogP contribution is -2.50. The smallest absolute Gasteiger partial charge is 0.156 e. The van der Waals surface area contributed by atoms with Gasteiger partial charge < -0.3 is 5.32 Å². The summed E-state index contributed by atoms with van der Waals surface area (Å²) < 4.78 is 1.09. The van der Waals surface area contributed by atoms with Crippen LogP contribution >= 0.6 is 15.9 Å². The number of nitrogens with one attached hydrogen (secondary N) is 1. The van der Waals surface area contributed by atoms with Gasteiger partial charge in [-0.2, -0.15) is 0 Å². The van der Waals surface area contributed by atoms with Gasteiger partial charge in [0.05, 0.1) is 5.54 Å². The average molecular weight is 308 g/mol. The molecule has 0 aromatic heterocycles. The molecule has 96 valence electrons. The molecule has 0 bridgehead atoms. The Morgan fingerprint density at radius 1 is 1.33 bits per heavy atom. The zero-order valence-electron chi connectivity index (χ0n) is 10.4. The topological polar surface area (TPSA) is 29.1 Å². The minimum Gasteiger partial charge on any atom is -0.305 e. The molecular weight excluding hydrogens is 290 g/mol. The van der Waals surface area contributed by atoms with E-state index in [0.29, 0.717) is 11.7 Å². The lowest BCUT2D eigenvalue weighted by molar-refractivity contribution is -0.126. The van der Waals surface area contributed by atoms with E-state index in [-0.39, 0.29) is 5.54 Å². The van der Waals surface area contributed by atoms with Gasteiger partial charge >= 0.3 is 0 Å². The fourth-order valence-corrected chi connectivity index (χ4v) is 3.21. The van der Waals surface area contributed by atoms with E-state index >= 15 is 0 Å². The van der Waals surface area contributed by atoms with Crippen molar-refractivity contribution in [1.82, 2.24) is 5.32 Å². The van der Waals surface area contributed by atoms with E-state index in [1.165, 1.54) is 5.56 Å². The standard InChI is InChI=1S/C15H18BrNO/c16-13-6-2-11(3-7-13)10-15(8-1-9-17-15)14(18)12-4-5-12/h2-3,6-7,12,17H,1,4-5,8-10H2. The molecule has 1 aromatic carbocycles. The molecule has 0 spiro atoms. The van der Waals surface area contributed by atoms with E-state index in [1.807, 2.05) is 0 Å². The molecule has 1 aliphatic heterocycles. The number of carbonyl (C=O) groups is 1. The zero-order chi connectivity index (χ0) is 12.6. The maximum absolute atomic E-state index is 12.5. The van der Waals surface area contributed by atoms with Gasteiger partial charge in [-0.3, -0.25) is 4.79 Å². The highest BCUT2D eigenvalue weighted by Gasteiger charge is 2.46. The van der Waals surface area contributed by atoms with E-state index in [0.717, 1.165) is 43.1 Å². The molecule has 1 heterocycles. The number of halogens is 1. The van der Waals surface area contributed by atoms with Crippen molar-refractivity contribution in [3.05, 3.63) is 34.3 Å². The maximum Gasteiger partial charge on any atom is 0.156 e. The number of hydrogen-bond acceptors (Lipinski definition) is 2. The first-order chi connectivity index (χ1) is 8.70. The molecule has 1 aromatic rings. The van der Waals surface area contributed by atoms with Gasteiger partial charge in [0.1, 0.15) is 0 Å². The first kappa shape index (κ1) is 12.4. The number of benzene rings is 1. The van der Waals surface area contributed by atoms with Crippen molar-refractivity contribution in [3.8, 4) is 0 Å². The van der Waals surface area contributed by atoms with Crippen LogP contribution in [-0.2, 0) is 11.2 Å². The number of ketones is 1. The lowest BCUT2D eigenvalue weighted by Gasteiger charge is -2.28. The zero-order valence-corrected chi connectivity index (χ0v) is 12.0. The number of rotatable bonds is 4. The van der Waals surface area contributed by atoms with E-state index in [2.05, 4.69) is 45.5 Å². The monoisotopic (exact) mass is 307 g/mol. The first-order valence-corrected chi connectivity index (χ1v) is 7.53. The van der Waals surface area contributed by atoms with E-state index < -0.39 is 0 Å². The summed E-state index contributed by atoms with van der Waals surface area (Å²) in [4.78, 5) is 12.5. The molecule has 1 saturated carbocycles. The van der Waals surface area contributed by atoms with Crippen LogP contribution in [0.3, 0.4) is 0 Å². The lowest BCUT2D eigenvalue weighted by atomic mass is 9.83. The molecule has 1 unspecified atom stereocenters. The van der Waals surface area contributed by atoms with Gasteiger partial charge in [0.2, 0.25) is 0 Å². The second-order valence-electron chi connectivity index (χ2n) is 5.55. The predicted molar refractivity (Wildman–Crippen MR) is 75.5 cm³/mol. The minimum atomic E-state index is -0.269. The summed E-state index contributed by atoms with van der Waals surface area (Å²) in [6, 6.07) is 8.34. The summed E-state index contributed by atoms with van der Waals surface area (Å²) in [5, 5.41) is 3.49. The normalized spacial score (nSPS) is 27.4. The van der Waals surface area contributed by atoms with Gasteiger partial charge in [0.25, 0.3) is 0 Å². The fourth-order valence-electron chi connectivity index (χ4n) is 2.94. The van der Waals surface area contributed by atoms with Crippen molar-refractivity contribution in [3.63, 3.8) is 0 Å². The molecule has 1 saturated heterocycles. The summed E-state index contributed by atoms with van der Waals surface area (Å²) >= 11 is 3.45. The van der Waals surface area contributed by atoms with Crippen LogP contribution in [0.1, 0.15) is 31.2 Å². The Morgan fingerprint density at radius 3 is 2.61 bits per heavy atom. The Labute approximate surface area is 116 Å². The molecule has 0 amide bonds. The van der Waals surface area contributed by atoms with Crippen LogP contribution < -0.4 is 5.32 Å². The van der Waals surface area contributed by atoms with Crippen molar-refractivity contribution in [2.45, 2.75) is 37.6 Å². The average Bonchev–Trinajstić information content (AvgIpc) is 3.12. The van der Waals surface area contributed by atoms with Crippen LogP contribution in [0.4, 0.5) is 0 Å². The highest BCUT2D eigenvalue weighted by molar-refractivity contribution is 9.10. The third kappa shape index (κ3) is 2.39. The SMILES string of the molecule is O=C(C1CC1)C1(Cc2ccc(Br)cc2)CCCN1. The molecule has 2 fully saturated rings. The summed E-state index contributed by atoms with van der Waals surface area (Å²) in [7, 11) is 0. The third-order valence-electron chi connectivity index (χ3n) is 4.08. The first-order valence-electron chi connectivity index (χ1n) is 6.73. The maximum atomic E-state index is 12.5. The second-order valence-corrected chi connectivity index (χ2v) is 6.47. The Morgan fingerprint density at radius 2 is 2.06 bits per heavy atom. The quantitative estimate of drug-likeness (QED) is 0.926. The summed E-state index contributed by atoms with van der Waals surface area (Å²) in [5.41, 5.74) is 0.983. The van der Waals surface area contributed by atoms with Crippen LogP contribution in [0.15, 0.2) is 28.7 Å². The van der Waals surface area contributed by atoms with Crippen LogP contribution in [0.5, 0.6) is 0 Å². The van der Waals surface area contributed by atoms with E-state index in [1.54, 1.807) is 0 Å². The van der Waals surface area contributed by atoms with Crippen molar-refractivity contribution >= 4 is 21.7 Å². The van der Waals surface area contributed by atoms with Crippen molar-refractivity contribution in [1.29, 1.82) is 0 Å². The van der Waals surface area contributed by atoms with Crippen LogP contribution in [-0.4, -0.2) is 17.9 Å². The fraction of sp³-hybridized carbons (Fsp3) is 0.533. The molecule has 1 N–H and O–H groups in total. The molecule has 0 radical (unpaired) electrons. The largest absolute Gasteiger partial charge is 0.305 e. The number of carbonyl (C=O) groups excluding carboxylic acids is 1.